The zero-order chi connectivity index (χ0) is 15.9. The Morgan fingerprint density at radius 3 is 2.48 bits per heavy atom. The molecular weight excluding hydrogens is 277 g/mol. The van der Waals surface area contributed by atoms with Gasteiger partial charge in [0.2, 0.25) is 0 Å². The Bertz CT molecular complexity index is 633. The molecule has 0 saturated heterocycles. The van der Waals surface area contributed by atoms with Gasteiger partial charge in [0.25, 0.3) is 11.7 Å². The average molecular weight is 293 g/mol. The summed E-state index contributed by atoms with van der Waals surface area (Å²) in [5.41, 5.74) is -0.933. The summed E-state index contributed by atoms with van der Waals surface area (Å²) in [4.78, 5) is 36.8. The third-order valence-electron chi connectivity index (χ3n) is 3.02. The van der Waals surface area contributed by atoms with Crippen molar-refractivity contribution in [3.05, 3.63) is 29.6 Å². The van der Waals surface area contributed by atoms with E-state index in [0.717, 1.165) is 11.0 Å². The molecule has 0 saturated carbocycles. The van der Waals surface area contributed by atoms with Gasteiger partial charge in [0.1, 0.15) is 17.5 Å². The van der Waals surface area contributed by atoms with E-state index in [0.29, 0.717) is 0 Å². The van der Waals surface area contributed by atoms with Gasteiger partial charge in [-0.2, -0.15) is 0 Å². The molecule has 0 radical (unpaired) electrons. The van der Waals surface area contributed by atoms with Crippen LogP contribution in [-0.4, -0.2) is 29.3 Å². The lowest BCUT2D eigenvalue weighted by atomic mass is 10.1. The van der Waals surface area contributed by atoms with Crippen LogP contribution in [0.4, 0.5) is 10.1 Å². The Balaban J connectivity index is 2.40. The van der Waals surface area contributed by atoms with Gasteiger partial charge in [-0.1, -0.05) is 6.07 Å². The quantitative estimate of drug-likeness (QED) is 0.618. The Morgan fingerprint density at radius 2 is 1.90 bits per heavy atom. The van der Waals surface area contributed by atoms with Crippen LogP contribution in [0.3, 0.4) is 0 Å². The minimum Gasteiger partial charge on any atom is -0.458 e. The number of amides is 1. The van der Waals surface area contributed by atoms with Gasteiger partial charge >= 0.3 is 5.97 Å². The molecule has 112 valence electrons. The van der Waals surface area contributed by atoms with Gasteiger partial charge < -0.3 is 4.74 Å². The maximum absolute atomic E-state index is 14.0. The normalized spacial score (nSPS) is 16.0. The Morgan fingerprint density at radius 1 is 1.29 bits per heavy atom. The monoisotopic (exact) mass is 293 g/mol. The zero-order valence-electron chi connectivity index (χ0n) is 12.3. The molecular formula is C15H16FNO4. The van der Waals surface area contributed by atoms with Crippen molar-refractivity contribution in [2.75, 3.05) is 4.90 Å². The fraction of sp³-hybridized carbons (Fsp3) is 0.400. The number of esters is 1. The number of ketones is 1. The van der Waals surface area contributed by atoms with E-state index in [4.69, 9.17) is 4.74 Å². The van der Waals surface area contributed by atoms with E-state index in [1.807, 2.05) is 0 Å². The average Bonchev–Trinajstić information content (AvgIpc) is 2.61. The third kappa shape index (κ3) is 2.66. The summed E-state index contributed by atoms with van der Waals surface area (Å²) in [7, 11) is 0. The molecule has 1 heterocycles. The number of carbonyl (C=O) groups excluding carboxylic acids is 3. The number of halogens is 1. The number of anilines is 1. The molecule has 0 aliphatic carbocycles. The van der Waals surface area contributed by atoms with E-state index in [2.05, 4.69) is 0 Å². The molecule has 0 N–H and O–H groups in total. The Labute approximate surface area is 121 Å². The Hall–Kier alpha value is -2.24. The van der Waals surface area contributed by atoms with E-state index in [-0.39, 0.29) is 11.3 Å². The van der Waals surface area contributed by atoms with Crippen molar-refractivity contribution < 1.29 is 23.5 Å². The number of hydrogen-bond donors (Lipinski definition) is 0. The molecule has 6 heteroatoms. The fourth-order valence-corrected chi connectivity index (χ4v) is 2.13. The minimum absolute atomic E-state index is 0.0320. The molecule has 1 unspecified atom stereocenters. The maximum Gasteiger partial charge on any atom is 0.329 e. The summed E-state index contributed by atoms with van der Waals surface area (Å²) in [5, 5.41) is 0. The molecule has 0 spiro atoms. The summed E-state index contributed by atoms with van der Waals surface area (Å²) in [5.74, 6) is -3.16. The van der Waals surface area contributed by atoms with Crippen LogP contribution in [-0.2, 0) is 14.3 Å². The first-order chi connectivity index (χ1) is 9.63. The summed E-state index contributed by atoms with van der Waals surface area (Å²) < 4.78 is 19.1. The zero-order valence-corrected chi connectivity index (χ0v) is 12.3. The minimum atomic E-state index is -1.08. The first-order valence-electron chi connectivity index (χ1n) is 6.53. The Kier molecular flexibility index (Phi) is 3.57. The standard InChI is InChI=1S/C15H16FNO4/c1-8(14(20)21-15(2,3)4)17-11-9(12(18)13(17)19)6-5-7-10(11)16/h5-8H,1-4H3. The summed E-state index contributed by atoms with van der Waals surface area (Å²) in [6.45, 7) is 6.45. The predicted molar refractivity (Wildman–Crippen MR) is 73.5 cm³/mol. The number of para-hydroxylation sites is 1. The highest BCUT2D eigenvalue weighted by molar-refractivity contribution is 6.52. The molecule has 5 nitrogen and oxygen atoms in total. The molecule has 1 amide bonds. The van der Waals surface area contributed by atoms with Crippen LogP contribution >= 0.6 is 0 Å². The molecule has 1 aromatic rings. The second-order valence-electron chi connectivity index (χ2n) is 5.85. The van der Waals surface area contributed by atoms with Gasteiger partial charge in [-0.3, -0.25) is 14.5 Å². The smallest absolute Gasteiger partial charge is 0.329 e. The summed E-state index contributed by atoms with van der Waals surface area (Å²) in [6, 6.07) is 2.76. The van der Waals surface area contributed by atoms with Gasteiger partial charge in [0.15, 0.2) is 0 Å². The molecule has 1 aliphatic heterocycles. The van der Waals surface area contributed by atoms with Crippen LogP contribution < -0.4 is 4.90 Å². The molecule has 1 aliphatic rings. The molecule has 0 fully saturated rings. The molecule has 0 bridgehead atoms. The highest BCUT2D eigenvalue weighted by Gasteiger charge is 2.43. The SMILES string of the molecule is CC(C(=O)OC(C)(C)C)N1C(=O)C(=O)c2cccc(F)c21. The van der Waals surface area contributed by atoms with E-state index in [9.17, 15) is 18.8 Å². The van der Waals surface area contributed by atoms with Gasteiger partial charge in [-0.25, -0.2) is 9.18 Å². The lowest BCUT2D eigenvalue weighted by Crippen LogP contribution is -2.45. The van der Waals surface area contributed by atoms with Crippen molar-refractivity contribution in [2.24, 2.45) is 0 Å². The number of nitrogens with zero attached hydrogens (tertiary/aromatic N) is 1. The van der Waals surface area contributed by atoms with Crippen molar-refractivity contribution >= 4 is 23.3 Å². The van der Waals surface area contributed by atoms with Crippen LogP contribution in [0.1, 0.15) is 38.1 Å². The number of hydrogen-bond acceptors (Lipinski definition) is 4. The molecule has 1 atom stereocenters. The van der Waals surface area contributed by atoms with E-state index >= 15 is 0 Å². The van der Waals surface area contributed by atoms with Crippen LogP contribution in [0.15, 0.2) is 18.2 Å². The van der Waals surface area contributed by atoms with Crippen molar-refractivity contribution in [3.63, 3.8) is 0 Å². The first-order valence-corrected chi connectivity index (χ1v) is 6.53. The van der Waals surface area contributed by atoms with Gasteiger partial charge in [-0.05, 0) is 39.8 Å². The topological polar surface area (TPSA) is 63.7 Å². The third-order valence-corrected chi connectivity index (χ3v) is 3.02. The number of ether oxygens (including phenoxy) is 1. The van der Waals surface area contributed by atoms with Crippen LogP contribution in [0, 0.1) is 5.82 Å². The second-order valence-corrected chi connectivity index (χ2v) is 5.85. The molecule has 2 rings (SSSR count). The van der Waals surface area contributed by atoms with Crippen molar-refractivity contribution in [1.29, 1.82) is 0 Å². The molecule has 21 heavy (non-hydrogen) atoms. The van der Waals surface area contributed by atoms with Crippen LogP contribution in [0.25, 0.3) is 0 Å². The van der Waals surface area contributed by atoms with Crippen LogP contribution in [0.5, 0.6) is 0 Å². The summed E-state index contributed by atoms with van der Waals surface area (Å²) in [6.07, 6.45) is 0. The number of fused-ring (bicyclic) bond motifs is 1. The van der Waals surface area contributed by atoms with E-state index in [1.165, 1.54) is 19.1 Å². The maximum atomic E-state index is 14.0. The lowest BCUT2D eigenvalue weighted by molar-refractivity contribution is -0.156. The number of carbonyl (C=O) groups is 3. The van der Waals surface area contributed by atoms with Gasteiger partial charge in [0, 0.05) is 0 Å². The highest BCUT2D eigenvalue weighted by atomic mass is 19.1. The van der Waals surface area contributed by atoms with Gasteiger partial charge in [0.05, 0.1) is 11.3 Å². The van der Waals surface area contributed by atoms with Crippen molar-refractivity contribution in [3.8, 4) is 0 Å². The molecule has 0 aromatic heterocycles. The highest BCUT2D eigenvalue weighted by Crippen LogP contribution is 2.33. The lowest BCUT2D eigenvalue weighted by Gasteiger charge is -2.27. The first kappa shape index (κ1) is 15.2. The summed E-state index contributed by atoms with van der Waals surface area (Å²) >= 11 is 0. The van der Waals surface area contributed by atoms with Crippen molar-refractivity contribution in [2.45, 2.75) is 39.3 Å². The molecule has 1 aromatic carbocycles. The number of benzene rings is 1. The van der Waals surface area contributed by atoms with Crippen LogP contribution in [0.2, 0.25) is 0 Å². The van der Waals surface area contributed by atoms with Gasteiger partial charge in [-0.15, -0.1) is 0 Å². The number of rotatable bonds is 2. The predicted octanol–water partition coefficient (Wildman–Crippen LogP) is 2.09. The fourth-order valence-electron chi connectivity index (χ4n) is 2.13. The van der Waals surface area contributed by atoms with E-state index < -0.39 is 35.1 Å². The second kappa shape index (κ2) is 4.95. The number of Topliss-reactive ketones (excluding diaryl/α,β-unsaturated/α-hetero) is 1. The largest absolute Gasteiger partial charge is 0.458 e. The van der Waals surface area contributed by atoms with E-state index in [1.54, 1.807) is 20.8 Å². The van der Waals surface area contributed by atoms with Crippen molar-refractivity contribution in [1.82, 2.24) is 0 Å².